The molecule has 1 aliphatic heterocycles. The van der Waals surface area contributed by atoms with Crippen molar-refractivity contribution >= 4 is 29.6 Å². The van der Waals surface area contributed by atoms with Crippen molar-refractivity contribution in [3.05, 3.63) is 6.33 Å². The number of nitrogens with one attached hydrogen (secondary N) is 1. The van der Waals surface area contributed by atoms with Gasteiger partial charge in [0.1, 0.15) is 6.33 Å². The number of hydrogen-bond acceptors (Lipinski definition) is 9. The molecular formula is C14H21N9OS. The van der Waals surface area contributed by atoms with E-state index in [0.29, 0.717) is 29.5 Å². The summed E-state index contributed by atoms with van der Waals surface area (Å²) in [5.74, 6) is 1.26. The lowest BCUT2D eigenvalue weighted by molar-refractivity contribution is -0.115. The number of piperidine rings is 1. The van der Waals surface area contributed by atoms with Gasteiger partial charge in [0.15, 0.2) is 0 Å². The van der Waals surface area contributed by atoms with Gasteiger partial charge in [0.25, 0.3) is 5.95 Å². The molecule has 3 N–H and O–H groups in total. The molecule has 1 aliphatic rings. The molecule has 0 spiro atoms. The average Bonchev–Trinajstić information content (AvgIpc) is 3.10. The van der Waals surface area contributed by atoms with Gasteiger partial charge in [-0.2, -0.15) is 19.6 Å². The van der Waals surface area contributed by atoms with Gasteiger partial charge in [-0.25, -0.2) is 4.98 Å². The molecule has 134 valence electrons. The van der Waals surface area contributed by atoms with Gasteiger partial charge < -0.3 is 16.0 Å². The zero-order chi connectivity index (χ0) is 17.6. The number of primary amides is 1. The number of thioether (sulfide) groups is 1. The largest absolute Gasteiger partial charge is 0.369 e. The van der Waals surface area contributed by atoms with Crippen LogP contribution in [0.5, 0.6) is 0 Å². The van der Waals surface area contributed by atoms with Crippen LogP contribution in [-0.4, -0.2) is 61.0 Å². The van der Waals surface area contributed by atoms with Crippen molar-refractivity contribution < 1.29 is 4.79 Å². The summed E-state index contributed by atoms with van der Waals surface area (Å²) in [5.41, 5.74) is 5.14. The lowest BCUT2D eigenvalue weighted by Crippen LogP contribution is -2.31. The Morgan fingerprint density at radius 2 is 2.00 bits per heavy atom. The Hall–Kier alpha value is -2.43. The number of amides is 1. The van der Waals surface area contributed by atoms with E-state index < -0.39 is 5.91 Å². The third-order valence-corrected chi connectivity index (χ3v) is 4.48. The van der Waals surface area contributed by atoms with Crippen molar-refractivity contribution in [3.8, 4) is 5.95 Å². The van der Waals surface area contributed by atoms with Crippen molar-refractivity contribution in [1.82, 2.24) is 29.7 Å². The highest BCUT2D eigenvalue weighted by atomic mass is 32.2. The highest BCUT2D eigenvalue weighted by molar-refractivity contribution is 7.99. The van der Waals surface area contributed by atoms with Crippen LogP contribution in [0.3, 0.4) is 0 Å². The van der Waals surface area contributed by atoms with E-state index in [0.717, 1.165) is 25.9 Å². The van der Waals surface area contributed by atoms with Crippen LogP contribution in [0.15, 0.2) is 11.5 Å². The van der Waals surface area contributed by atoms with E-state index in [-0.39, 0.29) is 5.75 Å². The first-order valence-corrected chi connectivity index (χ1v) is 9.22. The molecular weight excluding hydrogens is 342 g/mol. The minimum Gasteiger partial charge on any atom is -0.369 e. The highest BCUT2D eigenvalue weighted by Crippen LogP contribution is 2.19. The van der Waals surface area contributed by atoms with Crippen molar-refractivity contribution in [2.75, 3.05) is 35.6 Å². The van der Waals surface area contributed by atoms with Gasteiger partial charge in [0, 0.05) is 19.6 Å². The summed E-state index contributed by atoms with van der Waals surface area (Å²) in [7, 11) is 0. The summed E-state index contributed by atoms with van der Waals surface area (Å²) >= 11 is 1.18. The molecule has 1 fully saturated rings. The Kier molecular flexibility index (Phi) is 5.64. The third-order valence-electron chi connectivity index (χ3n) is 3.60. The normalized spacial score (nSPS) is 14.5. The minimum atomic E-state index is -0.414. The second kappa shape index (κ2) is 8.10. The number of rotatable bonds is 7. The van der Waals surface area contributed by atoms with Crippen molar-refractivity contribution in [2.24, 2.45) is 5.73 Å². The lowest BCUT2D eigenvalue weighted by atomic mass is 10.1. The maximum Gasteiger partial charge on any atom is 0.258 e. The Bertz CT molecular complexity index is 729. The van der Waals surface area contributed by atoms with E-state index in [1.54, 1.807) is 0 Å². The number of carbonyl (C=O) groups excluding carboxylic acids is 1. The van der Waals surface area contributed by atoms with Crippen molar-refractivity contribution in [3.63, 3.8) is 0 Å². The van der Waals surface area contributed by atoms with Crippen LogP contribution >= 0.6 is 11.8 Å². The Morgan fingerprint density at radius 1 is 1.24 bits per heavy atom. The first kappa shape index (κ1) is 17.4. The summed E-state index contributed by atoms with van der Waals surface area (Å²) < 4.78 is 1.49. The van der Waals surface area contributed by atoms with Crippen molar-refractivity contribution in [2.45, 2.75) is 31.3 Å². The molecule has 10 nitrogen and oxygen atoms in total. The zero-order valence-electron chi connectivity index (χ0n) is 14.1. The number of anilines is 2. The molecule has 0 unspecified atom stereocenters. The Morgan fingerprint density at radius 3 is 2.72 bits per heavy atom. The van der Waals surface area contributed by atoms with Gasteiger partial charge in [-0.1, -0.05) is 11.8 Å². The van der Waals surface area contributed by atoms with Crippen LogP contribution < -0.4 is 16.0 Å². The summed E-state index contributed by atoms with van der Waals surface area (Å²) in [6.07, 6.45) is 5.02. The maximum absolute atomic E-state index is 10.9. The molecule has 0 radical (unpaired) electrons. The van der Waals surface area contributed by atoms with Crippen LogP contribution in [0.25, 0.3) is 5.95 Å². The monoisotopic (exact) mass is 363 g/mol. The molecule has 3 rings (SSSR count). The molecule has 0 saturated carbocycles. The molecule has 0 bridgehead atoms. The molecule has 11 heteroatoms. The van der Waals surface area contributed by atoms with Crippen LogP contribution in [0.2, 0.25) is 0 Å². The Labute approximate surface area is 149 Å². The minimum absolute atomic E-state index is 0.128. The topological polar surface area (TPSA) is 128 Å². The van der Waals surface area contributed by atoms with E-state index in [2.05, 4.69) is 35.3 Å². The summed E-state index contributed by atoms with van der Waals surface area (Å²) in [4.78, 5) is 30.6. The molecule has 0 aromatic carbocycles. The van der Waals surface area contributed by atoms with Gasteiger partial charge in [-0.15, -0.1) is 5.10 Å². The highest BCUT2D eigenvalue weighted by Gasteiger charge is 2.17. The Balaban J connectivity index is 1.86. The maximum atomic E-state index is 10.9. The summed E-state index contributed by atoms with van der Waals surface area (Å²) in [6.45, 7) is 4.57. The number of hydrogen-bond donors (Lipinski definition) is 2. The fraction of sp³-hybridized carbons (Fsp3) is 0.571. The van der Waals surface area contributed by atoms with Gasteiger partial charge in [0.2, 0.25) is 23.0 Å². The summed E-state index contributed by atoms with van der Waals surface area (Å²) in [6, 6.07) is 0. The van der Waals surface area contributed by atoms with Crippen LogP contribution in [0.4, 0.5) is 11.9 Å². The number of aromatic nitrogens is 6. The predicted octanol–water partition coefficient (Wildman–Crippen LogP) is 0.452. The number of nitrogens with zero attached hydrogens (tertiary/aromatic N) is 7. The van der Waals surface area contributed by atoms with E-state index in [1.807, 2.05) is 6.92 Å². The van der Waals surface area contributed by atoms with Crippen molar-refractivity contribution in [1.29, 1.82) is 0 Å². The molecule has 2 aromatic heterocycles. The smallest absolute Gasteiger partial charge is 0.258 e. The predicted molar refractivity (Wildman–Crippen MR) is 94.9 cm³/mol. The quantitative estimate of drug-likeness (QED) is 0.674. The zero-order valence-corrected chi connectivity index (χ0v) is 14.9. The fourth-order valence-electron chi connectivity index (χ4n) is 2.47. The van der Waals surface area contributed by atoms with E-state index in [1.165, 1.54) is 29.2 Å². The average molecular weight is 363 g/mol. The third kappa shape index (κ3) is 4.56. The molecule has 1 amide bonds. The van der Waals surface area contributed by atoms with Crippen LogP contribution in [0, 0.1) is 0 Å². The second-order valence-electron chi connectivity index (χ2n) is 5.56. The van der Waals surface area contributed by atoms with E-state index >= 15 is 0 Å². The molecule has 3 heterocycles. The molecule has 1 saturated heterocycles. The van der Waals surface area contributed by atoms with Gasteiger partial charge >= 0.3 is 0 Å². The molecule has 0 atom stereocenters. The molecule has 2 aromatic rings. The van der Waals surface area contributed by atoms with Crippen LogP contribution in [0.1, 0.15) is 26.2 Å². The SMILES string of the molecule is CCNc1nc(N2CCCCC2)nc(-n2cnc(SCC(N)=O)n2)n1. The standard InChI is InChI=1S/C14H21N9OS/c1-2-16-11-18-12(22-6-4-3-5-7-22)20-13(19-11)23-9-17-14(21-23)25-8-10(15)24/h9H,2-8H2,1H3,(H2,15,24)(H,16,18,19,20). The van der Waals surface area contributed by atoms with E-state index in [4.69, 9.17) is 5.73 Å². The number of carbonyl (C=O) groups is 1. The van der Waals surface area contributed by atoms with Crippen LogP contribution in [-0.2, 0) is 4.79 Å². The van der Waals surface area contributed by atoms with Gasteiger partial charge in [-0.3, -0.25) is 4.79 Å². The first-order valence-electron chi connectivity index (χ1n) is 8.23. The van der Waals surface area contributed by atoms with E-state index in [9.17, 15) is 4.79 Å². The number of nitrogens with two attached hydrogens (primary N) is 1. The fourth-order valence-corrected chi connectivity index (χ4v) is 3.01. The summed E-state index contributed by atoms with van der Waals surface area (Å²) in [5, 5.41) is 7.88. The molecule has 0 aliphatic carbocycles. The lowest BCUT2D eigenvalue weighted by Gasteiger charge is -2.26. The van der Waals surface area contributed by atoms with Gasteiger partial charge in [-0.05, 0) is 26.2 Å². The molecule has 25 heavy (non-hydrogen) atoms. The first-order chi connectivity index (χ1) is 12.2. The van der Waals surface area contributed by atoms with Gasteiger partial charge in [0.05, 0.1) is 5.75 Å². The second-order valence-corrected chi connectivity index (χ2v) is 6.51.